The van der Waals surface area contributed by atoms with Crippen LogP contribution in [0.25, 0.3) is 5.41 Å². The van der Waals surface area contributed by atoms with Gasteiger partial charge in [0.1, 0.15) is 0 Å². The fraction of sp³-hybridized carbons (Fsp3) is 0. The molecule has 0 bridgehead atoms. The minimum absolute atomic E-state index is 0. The van der Waals surface area contributed by atoms with E-state index in [-0.39, 0.29) is 54.8 Å². The van der Waals surface area contributed by atoms with Gasteiger partial charge in [0, 0.05) is 37.7 Å². The average molecular weight is 105 g/mol. The first kappa shape index (κ1) is 32.6. The topological polar surface area (TPSA) is 22.3 Å². The Morgan fingerprint density at radius 2 is 1.00 bits per heavy atom. The van der Waals surface area contributed by atoms with Crippen molar-refractivity contribution in [3.05, 3.63) is 5.41 Å². The van der Waals surface area contributed by atoms with E-state index in [0.29, 0.717) is 0 Å². The molecule has 2 radical (unpaired) electrons. The van der Waals surface area contributed by atoms with Gasteiger partial charge < -0.3 is 5.41 Å². The average Bonchev–Trinajstić information content (AvgIpc) is 1.00. The molecule has 0 amide bonds. The molecule has 0 aliphatic carbocycles. The Balaban J connectivity index is -0.00000000167. The molecule has 0 unspecified atom stereocenters. The molecular formula is CH2CuLi2N. The quantitative estimate of drug-likeness (QED) is 0.293. The van der Waals surface area contributed by atoms with E-state index in [1.165, 1.54) is 0 Å². The molecule has 0 aromatic rings. The maximum Gasteiger partial charge on any atom is 1.00 e. The number of rotatable bonds is 0. The molecule has 4 heteroatoms. The normalized spacial score (nSPS) is 0.800. The van der Waals surface area contributed by atoms with Crippen molar-refractivity contribution in [3.8, 4) is 0 Å². The molecule has 0 aliphatic heterocycles. The van der Waals surface area contributed by atoms with Crippen molar-refractivity contribution in [1.29, 1.82) is 0 Å². The molecule has 0 saturated heterocycles. The smallest absolute Gasteiger partial charge is 0.817 e. The van der Waals surface area contributed by atoms with Crippen molar-refractivity contribution in [1.82, 2.24) is 0 Å². The van der Waals surface area contributed by atoms with Crippen LogP contribution < -0.4 is 0 Å². The van der Waals surface area contributed by atoms with Gasteiger partial charge in [-0.05, 0) is 0 Å². The molecule has 0 heterocycles. The van der Waals surface area contributed by atoms with Crippen LogP contribution in [0.1, 0.15) is 0 Å². The van der Waals surface area contributed by atoms with E-state index in [4.69, 9.17) is 5.41 Å². The van der Waals surface area contributed by atoms with E-state index < -0.39 is 0 Å². The summed E-state index contributed by atoms with van der Waals surface area (Å²) in [5.41, 5.74) is 0. The van der Waals surface area contributed by atoms with Gasteiger partial charge in [-0.25, -0.2) is 6.72 Å². The molecule has 1 nitrogen and oxygen atoms in total. The summed E-state index contributed by atoms with van der Waals surface area (Å²) < 4.78 is 0. The van der Waals surface area contributed by atoms with Crippen molar-refractivity contribution < 1.29 is 17.1 Å². The summed E-state index contributed by atoms with van der Waals surface area (Å²) >= 11 is 0. The Morgan fingerprint density at radius 1 is 1.00 bits per heavy atom. The van der Waals surface area contributed by atoms with Crippen LogP contribution in [0, 0.1) is 0 Å². The fourth-order valence-corrected chi connectivity index (χ4v) is 0. The van der Waals surface area contributed by atoms with E-state index in [2.05, 4.69) is 6.72 Å². The standard InChI is InChI=1S/CH2N.Cu.2Li/c1-2;;;/h1H2;;;/q-1;+1;;. The number of nitrogens with zero attached hydrogens (tertiary/aromatic N) is 1. The van der Waals surface area contributed by atoms with Crippen LogP contribution in [-0.2, 0) is 17.1 Å². The number of hydrogen-bond acceptors (Lipinski definition) is 0. The van der Waals surface area contributed by atoms with Crippen molar-refractivity contribution >= 4 is 44.4 Å². The Morgan fingerprint density at radius 3 is 1.00 bits per heavy atom. The summed E-state index contributed by atoms with van der Waals surface area (Å²) in [6, 6.07) is 0. The molecule has 0 N–H and O–H groups in total. The first-order valence-corrected chi connectivity index (χ1v) is 0.316. The van der Waals surface area contributed by atoms with Gasteiger partial charge in [0.15, 0.2) is 0 Å². The Hall–Kier alpha value is 1.38. The molecule has 0 saturated carbocycles. The molecule has 0 aliphatic rings. The first-order valence-electron chi connectivity index (χ1n) is 0.316. The predicted molar refractivity (Wildman–Crippen MR) is 22.0 cm³/mol. The van der Waals surface area contributed by atoms with Gasteiger partial charge in [0.05, 0.1) is 0 Å². The fourth-order valence-electron chi connectivity index (χ4n) is 0. The van der Waals surface area contributed by atoms with E-state index in [1.54, 1.807) is 0 Å². The monoisotopic (exact) mass is 105 g/mol. The third-order valence-corrected chi connectivity index (χ3v) is 0. The zero-order valence-corrected chi connectivity index (χ0v) is 4.40. The van der Waals surface area contributed by atoms with Gasteiger partial charge in [-0.2, -0.15) is 0 Å². The van der Waals surface area contributed by atoms with E-state index >= 15 is 0 Å². The summed E-state index contributed by atoms with van der Waals surface area (Å²) in [6.07, 6.45) is 0. The summed E-state index contributed by atoms with van der Waals surface area (Å²) in [5, 5.41) is 6.75. The van der Waals surface area contributed by atoms with E-state index in [1.807, 2.05) is 0 Å². The second-order valence-corrected chi connectivity index (χ2v) is 0. The first-order chi connectivity index (χ1) is 1.00. The zero-order chi connectivity index (χ0) is 2.00. The van der Waals surface area contributed by atoms with Gasteiger partial charge >= 0.3 is 17.1 Å². The largest absolute Gasteiger partial charge is 1.00 e. The molecule has 0 rings (SSSR count). The second kappa shape index (κ2) is 54.0. The van der Waals surface area contributed by atoms with Gasteiger partial charge in [-0.3, -0.25) is 0 Å². The van der Waals surface area contributed by atoms with Gasteiger partial charge in [0.2, 0.25) is 0 Å². The zero-order valence-electron chi connectivity index (χ0n) is 3.46. The molecule has 0 fully saturated rings. The van der Waals surface area contributed by atoms with Crippen LogP contribution in [0.3, 0.4) is 0 Å². The van der Waals surface area contributed by atoms with Crippen molar-refractivity contribution in [2.24, 2.45) is 0 Å². The Labute approximate surface area is 66.6 Å². The minimum Gasteiger partial charge on any atom is -0.817 e. The summed E-state index contributed by atoms with van der Waals surface area (Å²) in [4.78, 5) is 0. The number of hydrogen-bond donors (Lipinski definition) is 0. The summed E-state index contributed by atoms with van der Waals surface area (Å²) in [6.45, 7) is 2.25. The van der Waals surface area contributed by atoms with Crippen LogP contribution in [0.4, 0.5) is 0 Å². The second-order valence-electron chi connectivity index (χ2n) is 0. The molecule has 24 valence electrons. The third-order valence-electron chi connectivity index (χ3n) is 0. The van der Waals surface area contributed by atoms with Crippen molar-refractivity contribution in [2.75, 3.05) is 0 Å². The Bertz CT molecular complexity index is 9.61. The van der Waals surface area contributed by atoms with Crippen LogP contribution in [0.5, 0.6) is 0 Å². The molecule has 0 spiro atoms. The summed E-state index contributed by atoms with van der Waals surface area (Å²) in [7, 11) is 0. The van der Waals surface area contributed by atoms with Crippen LogP contribution in [-0.4, -0.2) is 44.4 Å². The van der Waals surface area contributed by atoms with E-state index in [9.17, 15) is 0 Å². The maximum absolute atomic E-state index is 6.75. The Kier molecular flexibility index (Phi) is 352. The molecule has 0 atom stereocenters. The maximum atomic E-state index is 6.75. The predicted octanol–water partition coefficient (Wildman–Crippen LogP) is -0.508. The molecule has 0 aromatic carbocycles. The molecular weight excluding hydrogens is 103 g/mol. The van der Waals surface area contributed by atoms with E-state index in [0.717, 1.165) is 0 Å². The van der Waals surface area contributed by atoms with Gasteiger partial charge in [0.25, 0.3) is 0 Å². The third kappa shape index (κ3) is 32.2. The SMILES string of the molecule is C=[N-].[Cu+].[Li].[Li]. The molecule has 5 heavy (non-hydrogen) atoms. The van der Waals surface area contributed by atoms with Gasteiger partial charge in [-0.1, -0.05) is 0 Å². The van der Waals surface area contributed by atoms with Crippen LogP contribution in [0.2, 0.25) is 0 Å². The van der Waals surface area contributed by atoms with Crippen molar-refractivity contribution in [3.63, 3.8) is 0 Å². The minimum atomic E-state index is 0. The van der Waals surface area contributed by atoms with Crippen LogP contribution >= 0.6 is 0 Å². The van der Waals surface area contributed by atoms with Crippen molar-refractivity contribution in [2.45, 2.75) is 0 Å². The van der Waals surface area contributed by atoms with Crippen LogP contribution in [0.15, 0.2) is 0 Å². The summed E-state index contributed by atoms with van der Waals surface area (Å²) in [5.74, 6) is 0. The molecule has 0 aromatic heterocycles. The van der Waals surface area contributed by atoms with Gasteiger partial charge in [-0.15, -0.1) is 0 Å².